The average molecular weight is 343 g/mol. The molecular weight excluding hydrogens is 330 g/mol. The van der Waals surface area contributed by atoms with Crippen molar-refractivity contribution in [3.05, 3.63) is 83.8 Å². The molecule has 1 aromatic carbocycles. The highest BCUT2D eigenvalue weighted by atomic mass is 16.3. The monoisotopic (exact) mass is 343 g/mol. The Hall–Kier alpha value is -3.74. The SMILES string of the molecule is O=C(Nc1ccc2c(c1)C(c1ccoc1)=NC2)c1cn2cccnc2n1. The number of carbonyl (C=O) groups excluding carboxylic acids is 1. The molecule has 0 atom stereocenters. The van der Waals surface area contributed by atoms with Crippen molar-refractivity contribution in [2.75, 3.05) is 5.32 Å². The van der Waals surface area contributed by atoms with Crippen molar-refractivity contribution in [2.24, 2.45) is 4.99 Å². The number of rotatable bonds is 3. The lowest BCUT2D eigenvalue weighted by atomic mass is 10.0. The predicted octanol–water partition coefficient (Wildman–Crippen LogP) is 2.93. The molecular formula is C19H13N5O2. The molecule has 0 radical (unpaired) electrons. The molecule has 1 aliphatic heterocycles. The smallest absolute Gasteiger partial charge is 0.275 e. The Kier molecular flexibility index (Phi) is 3.18. The highest BCUT2D eigenvalue weighted by Crippen LogP contribution is 2.26. The van der Waals surface area contributed by atoms with E-state index in [0.29, 0.717) is 23.7 Å². The third-order valence-electron chi connectivity index (χ3n) is 4.29. The van der Waals surface area contributed by atoms with Crippen molar-refractivity contribution < 1.29 is 9.21 Å². The Balaban J connectivity index is 1.44. The summed E-state index contributed by atoms with van der Waals surface area (Å²) in [6.45, 7) is 0.627. The minimum Gasteiger partial charge on any atom is -0.472 e. The van der Waals surface area contributed by atoms with Crippen LogP contribution in [0.25, 0.3) is 5.78 Å². The molecule has 3 aromatic heterocycles. The van der Waals surface area contributed by atoms with Crippen LogP contribution in [-0.4, -0.2) is 26.0 Å². The van der Waals surface area contributed by atoms with Crippen molar-refractivity contribution in [2.45, 2.75) is 6.54 Å². The number of aromatic nitrogens is 3. The van der Waals surface area contributed by atoms with Gasteiger partial charge in [-0.25, -0.2) is 9.97 Å². The van der Waals surface area contributed by atoms with Gasteiger partial charge in [0.2, 0.25) is 5.78 Å². The number of hydrogen-bond donors (Lipinski definition) is 1. The number of nitrogens with zero attached hydrogens (tertiary/aromatic N) is 4. The van der Waals surface area contributed by atoms with Gasteiger partial charge >= 0.3 is 0 Å². The van der Waals surface area contributed by atoms with Crippen LogP contribution in [0.15, 0.2) is 70.9 Å². The first-order valence-electron chi connectivity index (χ1n) is 8.09. The minimum absolute atomic E-state index is 0.282. The lowest BCUT2D eigenvalue weighted by Gasteiger charge is -2.07. The van der Waals surface area contributed by atoms with Gasteiger partial charge in [-0.1, -0.05) is 6.07 Å². The van der Waals surface area contributed by atoms with E-state index in [1.807, 2.05) is 24.3 Å². The van der Waals surface area contributed by atoms with Crippen LogP contribution in [0.4, 0.5) is 5.69 Å². The van der Waals surface area contributed by atoms with E-state index in [1.54, 1.807) is 41.6 Å². The van der Waals surface area contributed by atoms with Crippen molar-refractivity contribution in [1.82, 2.24) is 14.4 Å². The summed E-state index contributed by atoms with van der Waals surface area (Å²) >= 11 is 0. The fourth-order valence-corrected chi connectivity index (χ4v) is 3.04. The third kappa shape index (κ3) is 2.37. The molecule has 0 unspecified atom stereocenters. The molecule has 0 bridgehead atoms. The topological polar surface area (TPSA) is 84.8 Å². The lowest BCUT2D eigenvalue weighted by Crippen LogP contribution is -2.13. The summed E-state index contributed by atoms with van der Waals surface area (Å²) in [7, 11) is 0. The van der Waals surface area contributed by atoms with E-state index >= 15 is 0 Å². The van der Waals surface area contributed by atoms with Gasteiger partial charge in [0.15, 0.2) is 0 Å². The number of hydrogen-bond acceptors (Lipinski definition) is 5. The van der Waals surface area contributed by atoms with Crippen molar-refractivity contribution in [1.29, 1.82) is 0 Å². The van der Waals surface area contributed by atoms with Gasteiger partial charge in [-0.15, -0.1) is 0 Å². The first kappa shape index (κ1) is 14.6. The number of imidazole rings is 1. The van der Waals surface area contributed by atoms with Crippen LogP contribution in [-0.2, 0) is 6.54 Å². The van der Waals surface area contributed by atoms with Crippen LogP contribution in [0.2, 0.25) is 0 Å². The zero-order valence-corrected chi connectivity index (χ0v) is 13.6. The van der Waals surface area contributed by atoms with Crippen LogP contribution in [0.1, 0.15) is 27.2 Å². The minimum atomic E-state index is -0.282. The Morgan fingerprint density at radius 2 is 2.23 bits per heavy atom. The largest absolute Gasteiger partial charge is 0.472 e. The second kappa shape index (κ2) is 5.66. The summed E-state index contributed by atoms with van der Waals surface area (Å²) in [5.41, 5.74) is 4.93. The quantitative estimate of drug-likeness (QED) is 0.620. The van der Waals surface area contributed by atoms with Gasteiger partial charge in [-0.05, 0) is 29.8 Å². The van der Waals surface area contributed by atoms with Gasteiger partial charge in [0.05, 0.1) is 24.8 Å². The molecule has 0 aliphatic carbocycles. The molecule has 1 aliphatic rings. The standard InChI is InChI=1S/C19H13N5O2/c25-18(16-10-24-6-1-5-20-19(24)23-16)22-14-3-2-12-9-21-17(15(12)8-14)13-4-7-26-11-13/h1-8,10-11H,9H2,(H,22,25). The number of amides is 1. The number of carbonyl (C=O) groups is 1. The average Bonchev–Trinajstić information content (AvgIpc) is 3.39. The van der Waals surface area contributed by atoms with E-state index in [9.17, 15) is 4.79 Å². The summed E-state index contributed by atoms with van der Waals surface area (Å²) in [4.78, 5) is 25.5. The molecule has 7 heteroatoms. The van der Waals surface area contributed by atoms with Crippen LogP contribution in [0.5, 0.6) is 0 Å². The van der Waals surface area contributed by atoms with Gasteiger partial charge in [0.25, 0.3) is 5.91 Å². The van der Waals surface area contributed by atoms with E-state index in [0.717, 1.165) is 22.4 Å². The Morgan fingerprint density at radius 3 is 3.08 bits per heavy atom. The van der Waals surface area contributed by atoms with E-state index < -0.39 is 0 Å². The van der Waals surface area contributed by atoms with Crippen molar-refractivity contribution >= 4 is 23.1 Å². The van der Waals surface area contributed by atoms with Crippen molar-refractivity contribution in [3.8, 4) is 0 Å². The van der Waals surface area contributed by atoms with Gasteiger partial charge in [0, 0.05) is 35.4 Å². The summed E-state index contributed by atoms with van der Waals surface area (Å²) in [6, 6.07) is 9.45. The molecule has 4 heterocycles. The van der Waals surface area contributed by atoms with E-state index in [2.05, 4.69) is 20.3 Å². The fourth-order valence-electron chi connectivity index (χ4n) is 3.04. The highest BCUT2D eigenvalue weighted by molar-refractivity contribution is 6.15. The molecule has 1 amide bonds. The number of benzene rings is 1. The Morgan fingerprint density at radius 1 is 1.27 bits per heavy atom. The van der Waals surface area contributed by atoms with Gasteiger partial charge in [-0.2, -0.15) is 0 Å². The third-order valence-corrected chi connectivity index (χ3v) is 4.29. The molecule has 1 N–H and O–H groups in total. The molecule has 5 rings (SSSR count). The van der Waals surface area contributed by atoms with E-state index in [1.165, 1.54) is 0 Å². The summed E-state index contributed by atoms with van der Waals surface area (Å²) in [5, 5.41) is 2.89. The number of furan rings is 1. The summed E-state index contributed by atoms with van der Waals surface area (Å²) in [5.74, 6) is 0.205. The number of aliphatic imine (C=N–C) groups is 1. The zero-order chi connectivity index (χ0) is 17.5. The van der Waals surface area contributed by atoms with Gasteiger partial charge < -0.3 is 9.73 Å². The second-order valence-corrected chi connectivity index (χ2v) is 5.96. The molecule has 0 spiro atoms. The number of nitrogens with one attached hydrogen (secondary N) is 1. The molecule has 7 nitrogen and oxygen atoms in total. The van der Waals surface area contributed by atoms with Gasteiger partial charge in [-0.3, -0.25) is 14.2 Å². The molecule has 126 valence electrons. The van der Waals surface area contributed by atoms with Crippen LogP contribution >= 0.6 is 0 Å². The summed E-state index contributed by atoms with van der Waals surface area (Å²) < 4.78 is 6.87. The first-order valence-corrected chi connectivity index (χ1v) is 8.09. The maximum atomic E-state index is 12.5. The first-order chi connectivity index (χ1) is 12.8. The van der Waals surface area contributed by atoms with Crippen LogP contribution in [0, 0.1) is 0 Å². The molecule has 26 heavy (non-hydrogen) atoms. The molecule has 0 saturated heterocycles. The highest BCUT2D eigenvalue weighted by Gasteiger charge is 2.19. The summed E-state index contributed by atoms with van der Waals surface area (Å²) in [6.07, 6.45) is 8.39. The predicted molar refractivity (Wildman–Crippen MR) is 95.4 cm³/mol. The Bertz CT molecular complexity index is 1120. The maximum absolute atomic E-state index is 12.5. The van der Waals surface area contributed by atoms with Crippen LogP contribution in [0.3, 0.4) is 0 Å². The number of anilines is 1. The van der Waals surface area contributed by atoms with Crippen molar-refractivity contribution in [3.63, 3.8) is 0 Å². The van der Waals surface area contributed by atoms with Crippen LogP contribution < -0.4 is 5.32 Å². The van der Waals surface area contributed by atoms with Gasteiger partial charge in [0.1, 0.15) is 5.69 Å². The second-order valence-electron chi connectivity index (χ2n) is 5.96. The zero-order valence-electron chi connectivity index (χ0n) is 13.6. The molecule has 4 aromatic rings. The normalized spacial score (nSPS) is 12.8. The molecule has 0 fully saturated rings. The lowest BCUT2D eigenvalue weighted by molar-refractivity contribution is 0.102. The maximum Gasteiger partial charge on any atom is 0.275 e. The molecule has 0 saturated carbocycles. The van der Waals surface area contributed by atoms with E-state index in [4.69, 9.17) is 4.42 Å². The number of fused-ring (bicyclic) bond motifs is 2. The van der Waals surface area contributed by atoms with E-state index in [-0.39, 0.29) is 5.91 Å². The fraction of sp³-hybridized carbons (Fsp3) is 0.0526. The Labute approximate surface area is 148 Å².